The molecule has 1 aromatic rings. The molecule has 0 spiro atoms. The minimum Gasteiger partial charge on any atom is -0.388 e. The number of rotatable bonds is 4. The largest absolute Gasteiger partial charge is 0.388 e. The molecular formula is C13H18N2O3. The first-order valence-electron chi connectivity index (χ1n) is 6.10. The highest BCUT2D eigenvalue weighted by atomic mass is 16.5. The molecule has 1 aliphatic carbocycles. The summed E-state index contributed by atoms with van der Waals surface area (Å²) in [5.41, 5.74) is 0.866. The van der Waals surface area contributed by atoms with Gasteiger partial charge in [-0.2, -0.15) is 0 Å². The molecule has 1 aliphatic rings. The van der Waals surface area contributed by atoms with Crippen molar-refractivity contribution in [2.45, 2.75) is 37.5 Å². The van der Waals surface area contributed by atoms with Crippen molar-refractivity contribution in [3.05, 3.63) is 30.1 Å². The van der Waals surface area contributed by atoms with E-state index in [0.29, 0.717) is 0 Å². The Kier molecular flexibility index (Phi) is 4.28. The van der Waals surface area contributed by atoms with Crippen LogP contribution >= 0.6 is 0 Å². The Hall–Kier alpha value is -1.46. The zero-order valence-corrected chi connectivity index (χ0v) is 10.4. The summed E-state index contributed by atoms with van der Waals surface area (Å²) in [5, 5.41) is 12.8. The highest BCUT2D eigenvalue weighted by Crippen LogP contribution is 2.22. The van der Waals surface area contributed by atoms with Crippen molar-refractivity contribution in [1.29, 1.82) is 0 Å². The van der Waals surface area contributed by atoms with Gasteiger partial charge in [-0.3, -0.25) is 9.78 Å². The third-order valence-corrected chi connectivity index (χ3v) is 3.29. The van der Waals surface area contributed by atoms with Crippen molar-refractivity contribution in [1.82, 2.24) is 10.3 Å². The number of methoxy groups -OCH3 is 1. The Labute approximate surface area is 106 Å². The number of pyridine rings is 1. The van der Waals surface area contributed by atoms with E-state index in [1.54, 1.807) is 25.6 Å². The number of aromatic nitrogens is 1. The molecule has 3 atom stereocenters. The molecule has 0 bridgehead atoms. The number of carbonyl (C=O) groups excluding carboxylic acids is 1. The lowest BCUT2D eigenvalue weighted by atomic mass is 10.1. The van der Waals surface area contributed by atoms with E-state index in [-0.39, 0.29) is 24.5 Å². The lowest BCUT2D eigenvalue weighted by molar-refractivity contribution is -0.122. The maximum atomic E-state index is 11.8. The van der Waals surface area contributed by atoms with Crippen LogP contribution < -0.4 is 5.32 Å². The summed E-state index contributed by atoms with van der Waals surface area (Å²) in [5.74, 6) is -0.0937. The quantitative estimate of drug-likeness (QED) is 0.805. The molecule has 5 nitrogen and oxygen atoms in total. The molecule has 1 aromatic heterocycles. The first kappa shape index (κ1) is 13.0. The van der Waals surface area contributed by atoms with Gasteiger partial charge in [0.1, 0.15) is 6.10 Å². The standard InChI is InChI=1S/C13H18N2O3/c1-18-11-5-4-10(13(11)17)15-12(16)7-9-3-2-6-14-8-9/h2-3,6,8,10-11,13,17H,4-5,7H2,1H3,(H,15,16)/t10-,11-,13-/m1/s1. The van der Waals surface area contributed by atoms with E-state index < -0.39 is 6.10 Å². The number of nitrogens with zero attached hydrogens (tertiary/aromatic N) is 1. The first-order valence-corrected chi connectivity index (χ1v) is 6.10. The van der Waals surface area contributed by atoms with E-state index in [2.05, 4.69) is 10.3 Å². The summed E-state index contributed by atoms with van der Waals surface area (Å²) < 4.78 is 5.14. The predicted octanol–water partition coefficient (Wildman–Crippen LogP) is 0.279. The zero-order chi connectivity index (χ0) is 13.0. The number of hydrogen-bond donors (Lipinski definition) is 2. The van der Waals surface area contributed by atoms with Crippen LogP contribution in [0.3, 0.4) is 0 Å². The van der Waals surface area contributed by atoms with E-state index in [1.807, 2.05) is 6.07 Å². The second-order valence-corrected chi connectivity index (χ2v) is 4.55. The van der Waals surface area contributed by atoms with Crippen molar-refractivity contribution in [3.63, 3.8) is 0 Å². The normalized spacial score (nSPS) is 27.1. The van der Waals surface area contributed by atoms with Crippen molar-refractivity contribution in [3.8, 4) is 0 Å². The monoisotopic (exact) mass is 250 g/mol. The van der Waals surface area contributed by atoms with Gasteiger partial charge in [0, 0.05) is 19.5 Å². The molecule has 98 valence electrons. The number of ether oxygens (including phenoxy) is 1. The molecule has 0 radical (unpaired) electrons. The van der Waals surface area contributed by atoms with Crippen LogP contribution in [0.4, 0.5) is 0 Å². The molecule has 2 N–H and O–H groups in total. The topological polar surface area (TPSA) is 71.5 Å². The average Bonchev–Trinajstić information content (AvgIpc) is 2.71. The third-order valence-electron chi connectivity index (χ3n) is 3.29. The molecule has 0 unspecified atom stereocenters. The van der Waals surface area contributed by atoms with Gasteiger partial charge in [0.05, 0.1) is 18.6 Å². The second-order valence-electron chi connectivity index (χ2n) is 4.55. The number of carbonyl (C=O) groups is 1. The zero-order valence-electron chi connectivity index (χ0n) is 10.4. The molecule has 1 fully saturated rings. The van der Waals surface area contributed by atoms with Gasteiger partial charge in [-0.1, -0.05) is 6.07 Å². The van der Waals surface area contributed by atoms with E-state index in [9.17, 15) is 9.90 Å². The van der Waals surface area contributed by atoms with E-state index >= 15 is 0 Å². The van der Waals surface area contributed by atoms with Crippen molar-refractivity contribution < 1.29 is 14.6 Å². The van der Waals surface area contributed by atoms with E-state index in [0.717, 1.165) is 18.4 Å². The fraction of sp³-hybridized carbons (Fsp3) is 0.538. The minimum absolute atomic E-state index is 0.0937. The van der Waals surface area contributed by atoms with Crippen LogP contribution in [0.15, 0.2) is 24.5 Å². The van der Waals surface area contributed by atoms with Crippen molar-refractivity contribution >= 4 is 5.91 Å². The number of nitrogens with one attached hydrogen (secondary N) is 1. The SMILES string of the molecule is CO[C@@H]1CC[C@@H](NC(=O)Cc2cccnc2)[C@H]1O. The van der Waals surface area contributed by atoms with Crippen LogP contribution in [0, 0.1) is 0 Å². The molecule has 5 heteroatoms. The molecular weight excluding hydrogens is 232 g/mol. The number of hydrogen-bond acceptors (Lipinski definition) is 4. The molecule has 2 rings (SSSR count). The number of aliphatic hydroxyl groups excluding tert-OH is 1. The first-order chi connectivity index (χ1) is 8.70. The maximum absolute atomic E-state index is 11.8. The summed E-state index contributed by atoms with van der Waals surface area (Å²) in [7, 11) is 1.58. The summed E-state index contributed by atoms with van der Waals surface area (Å²) >= 11 is 0. The lowest BCUT2D eigenvalue weighted by Crippen LogP contribution is -2.43. The van der Waals surface area contributed by atoms with Gasteiger partial charge in [0.2, 0.25) is 5.91 Å². The third kappa shape index (κ3) is 3.05. The van der Waals surface area contributed by atoms with E-state index in [4.69, 9.17) is 4.74 Å². The van der Waals surface area contributed by atoms with Gasteiger partial charge >= 0.3 is 0 Å². The molecule has 1 saturated carbocycles. The second kappa shape index (κ2) is 5.93. The summed E-state index contributed by atoms with van der Waals surface area (Å²) in [6.45, 7) is 0. The molecule has 0 saturated heterocycles. The van der Waals surface area contributed by atoms with Crippen LogP contribution in [-0.4, -0.2) is 41.4 Å². The highest BCUT2D eigenvalue weighted by Gasteiger charge is 2.35. The molecule has 1 heterocycles. The Morgan fingerprint density at radius 3 is 3.06 bits per heavy atom. The van der Waals surface area contributed by atoms with Crippen LogP contribution in [0.5, 0.6) is 0 Å². The minimum atomic E-state index is -0.618. The van der Waals surface area contributed by atoms with Gasteiger partial charge in [-0.25, -0.2) is 0 Å². The van der Waals surface area contributed by atoms with Gasteiger partial charge in [0.25, 0.3) is 0 Å². The number of amides is 1. The highest BCUT2D eigenvalue weighted by molar-refractivity contribution is 5.78. The molecule has 0 aliphatic heterocycles. The predicted molar refractivity (Wildman–Crippen MR) is 65.9 cm³/mol. The Balaban J connectivity index is 1.85. The summed E-state index contributed by atoms with van der Waals surface area (Å²) in [6, 6.07) is 3.45. The fourth-order valence-electron chi connectivity index (χ4n) is 2.31. The van der Waals surface area contributed by atoms with Gasteiger partial charge in [-0.05, 0) is 24.5 Å². The average molecular weight is 250 g/mol. The molecule has 1 amide bonds. The Morgan fingerprint density at radius 2 is 2.44 bits per heavy atom. The number of aliphatic hydroxyl groups is 1. The summed E-state index contributed by atoms with van der Waals surface area (Å²) in [6.07, 6.45) is 4.36. The van der Waals surface area contributed by atoms with Crippen molar-refractivity contribution in [2.24, 2.45) is 0 Å². The van der Waals surface area contributed by atoms with Crippen LogP contribution in [0.25, 0.3) is 0 Å². The lowest BCUT2D eigenvalue weighted by Gasteiger charge is -2.19. The Bertz CT molecular complexity index is 396. The van der Waals surface area contributed by atoms with Crippen LogP contribution in [0.2, 0.25) is 0 Å². The van der Waals surface area contributed by atoms with Crippen LogP contribution in [-0.2, 0) is 16.0 Å². The maximum Gasteiger partial charge on any atom is 0.224 e. The molecule has 18 heavy (non-hydrogen) atoms. The smallest absolute Gasteiger partial charge is 0.224 e. The van der Waals surface area contributed by atoms with Crippen molar-refractivity contribution in [2.75, 3.05) is 7.11 Å². The van der Waals surface area contributed by atoms with Crippen LogP contribution in [0.1, 0.15) is 18.4 Å². The van der Waals surface area contributed by atoms with Gasteiger partial charge in [-0.15, -0.1) is 0 Å². The Morgan fingerprint density at radius 1 is 1.61 bits per heavy atom. The van der Waals surface area contributed by atoms with Gasteiger partial charge in [0.15, 0.2) is 0 Å². The van der Waals surface area contributed by atoms with Gasteiger partial charge < -0.3 is 15.2 Å². The fourth-order valence-corrected chi connectivity index (χ4v) is 2.31. The summed E-state index contributed by atoms with van der Waals surface area (Å²) in [4.78, 5) is 15.8. The van der Waals surface area contributed by atoms with E-state index in [1.165, 1.54) is 0 Å². The molecule has 0 aromatic carbocycles.